The molecule has 0 aliphatic rings. The van der Waals surface area contributed by atoms with Crippen LogP contribution in [-0.4, -0.2) is 34.6 Å². The highest BCUT2D eigenvalue weighted by Gasteiger charge is 2.12. The van der Waals surface area contributed by atoms with E-state index in [1.165, 1.54) is 0 Å². The monoisotopic (exact) mass is 104 g/mol. The number of carboxylic acids is 1. The third-order valence-electron chi connectivity index (χ3n) is 0.457. The van der Waals surface area contributed by atoms with E-state index in [1.807, 2.05) is 0 Å². The van der Waals surface area contributed by atoms with Crippen molar-refractivity contribution >= 4 is 29.5 Å². The highest BCUT2D eigenvalue weighted by atomic mass is 16.4. The Balaban J connectivity index is 3.55. The van der Waals surface area contributed by atoms with Crippen molar-refractivity contribution in [2.45, 2.75) is 11.5 Å². The van der Waals surface area contributed by atoms with Gasteiger partial charge in [0.2, 0.25) is 0 Å². The van der Waals surface area contributed by atoms with Gasteiger partial charge in [0, 0.05) is 6.42 Å². The van der Waals surface area contributed by atoms with Gasteiger partial charge in [-0.3, -0.25) is 4.79 Å². The van der Waals surface area contributed by atoms with Crippen molar-refractivity contribution in [3.05, 3.63) is 0 Å². The molecule has 0 atom stereocenters. The summed E-state index contributed by atoms with van der Waals surface area (Å²) in [7, 11) is 14.7. The first-order chi connectivity index (χ1) is 3.42. The molecule has 0 aliphatic heterocycles. The molecule has 0 aromatic rings. The van der Waals surface area contributed by atoms with Crippen LogP contribution < -0.4 is 0 Å². The molecule has 0 aromatic heterocycles. The molecule has 1 N–H and O–H groups in total. The van der Waals surface area contributed by atoms with Crippen LogP contribution in [0.3, 0.4) is 0 Å². The smallest absolute Gasteiger partial charge is 0.301 e. The lowest BCUT2D eigenvalue weighted by Crippen LogP contribution is -2.17. The summed E-state index contributed by atoms with van der Waals surface area (Å²) in [5.41, 5.74) is 0. The third kappa shape index (κ3) is 5.66. The van der Waals surface area contributed by atoms with Crippen LogP contribution in [0.1, 0.15) is 6.42 Å². The topological polar surface area (TPSA) is 37.3 Å². The van der Waals surface area contributed by atoms with Crippen molar-refractivity contribution < 1.29 is 9.90 Å². The zero-order valence-corrected chi connectivity index (χ0v) is 4.29. The lowest BCUT2D eigenvalue weighted by atomic mass is 9.41. The summed E-state index contributed by atoms with van der Waals surface area (Å²) < 4.78 is 0. The molecule has 0 fully saturated rings. The normalized spacial score (nSPS) is 11.0. The van der Waals surface area contributed by atoms with E-state index in [2.05, 4.69) is 0 Å². The molecule has 0 bridgehead atoms. The molecule has 0 aromatic carbocycles. The van der Waals surface area contributed by atoms with Crippen LogP contribution in [-0.2, 0) is 4.79 Å². The van der Waals surface area contributed by atoms with E-state index in [4.69, 9.17) is 28.6 Å². The number of aliphatic carboxylic acids is 1. The molecule has 6 radical (unpaired) electrons. The minimum absolute atomic E-state index is 0.424. The lowest BCUT2D eigenvalue weighted by molar-refractivity contribution is -0.136. The molecule has 2 nitrogen and oxygen atoms in total. The van der Waals surface area contributed by atoms with Gasteiger partial charge in [-0.15, -0.1) is 5.11 Å². The van der Waals surface area contributed by atoms with Gasteiger partial charge in [-0.05, 0) is 0 Å². The Morgan fingerprint density at radius 3 is 1.88 bits per heavy atom. The van der Waals surface area contributed by atoms with E-state index in [9.17, 15) is 4.79 Å². The summed E-state index contributed by atoms with van der Waals surface area (Å²) in [5, 5.41) is 6.43. The van der Waals surface area contributed by atoms with Gasteiger partial charge in [0.1, 0.15) is 0 Å². The fourth-order valence-corrected chi connectivity index (χ4v) is 0.262. The second kappa shape index (κ2) is 2.29. The molecule has 0 saturated heterocycles. The first-order valence-electron chi connectivity index (χ1n) is 2.00. The molecule has 5 heteroatoms. The van der Waals surface area contributed by atoms with Crippen LogP contribution in [0.15, 0.2) is 0 Å². The van der Waals surface area contributed by atoms with Gasteiger partial charge < -0.3 is 5.11 Å². The molecular weight excluding hydrogens is 100 g/mol. The van der Waals surface area contributed by atoms with Crippen LogP contribution in [0.25, 0.3) is 0 Å². The third-order valence-corrected chi connectivity index (χ3v) is 0.457. The van der Waals surface area contributed by atoms with Crippen molar-refractivity contribution in [3.63, 3.8) is 0 Å². The molecule has 0 unspecified atom stereocenters. The maximum absolute atomic E-state index is 9.77. The predicted molar refractivity (Wildman–Crippen MR) is 32.2 cm³/mol. The quantitative estimate of drug-likeness (QED) is 0.457. The lowest BCUT2D eigenvalue weighted by Gasteiger charge is -2.14. The standard InChI is InChI=1S/C3H3B3O2/c4-3(5,6)1-2(7)8/h1H2,(H,7,8). The summed E-state index contributed by atoms with van der Waals surface area (Å²) in [6, 6.07) is 0. The van der Waals surface area contributed by atoms with Gasteiger partial charge in [-0.2, -0.15) is 0 Å². The summed E-state index contributed by atoms with van der Waals surface area (Å²) in [4.78, 5) is 9.77. The second-order valence-electron chi connectivity index (χ2n) is 1.68. The van der Waals surface area contributed by atoms with Gasteiger partial charge in [-0.1, -0.05) is 0 Å². The number of rotatable bonds is 2. The number of carboxylic acid groups (broad SMARTS) is 1. The summed E-state index contributed by atoms with van der Waals surface area (Å²) in [6.07, 6.45) is -0.424. The van der Waals surface area contributed by atoms with Gasteiger partial charge in [0.05, 0.1) is 23.5 Å². The van der Waals surface area contributed by atoms with E-state index in [0.29, 0.717) is 0 Å². The van der Waals surface area contributed by atoms with E-state index in [-0.39, 0.29) is 0 Å². The van der Waals surface area contributed by atoms with E-state index in [1.54, 1.807) is 0 Å². The maximum Gasteiger partial charge on any atom is 0.301 e. The predicted octanol–water partition coefficient (Wildman–Crippen LogP) is -0.960. The average Bonchev–Trinajstić information content (AvgIpc) is 1.21. The molecule has 0 aliphatic carbocycles. The molecule has 36 valence electrons. The van der Waals surface area contributed by atoms with Crippen LogP contribution in [0.2, 0.25) is 5.11 Å². The van der Waals surface area contributed by atoms with Crippen molar-refractivity contribution in [1.82, 2.24) is 0 Å². The van der Waals surface area contributed by atoms with Crippen molar-refractivity contribution in [3.8, 4) is 0 Å². The Morgan fingerprint density at radius 1 is 1.50 bits per heavy atom. The SMILES string of the molecule is [B]C([B])([B])CC(=O)O. The molecule has 8 heavy (non-hydrogen) atoms. The van der Waals surface area contributed by atoms with Crippen LogP contribution in [0, 0.1) is 0 Å². The van der Waals surface area contributed by atoms with Gasteiger partial charge in [0.25, 0.3) is 0 Å². The van der Waals surface area contributed by atoms with Crippen LogP contribution in [0.4, 0.5) is 0 Å². The van der Waals surface area contributed by atoms with Crippen LogP contribution in [0.5, 0.6) is 0 Å². The summed E-state index contributed by atoms with van der Waals surface area (Å²) >= 11 is 0. The minimum Gasteiger partial charge on any atom is -0.481 e. The van der Waals surface area contributed by atoms with E-state index in [0.717, 1.165) is 0 Å². The Kier molecular flexibility index (Phi) is 2.19. The summed E-state index contributed by atoms with van der Waals surface area (Å²) in [6.45, 7) is 0. The van der Waals surface area contributed by atoms with Crippen LogP contribution >= 0.6 is 0 Å². The van der Waals surface area contributed by atoms with E-state index < -0.39 is 17.5 Å². The highest BCUT2D eigenvalue weighted by Crippen LogP contribution is 2.12. The number of hydrogen-bond donors (Lipinski definition) is 1. The molecule has 0 heterocycles. The second-order valence-corrected chi connectivity index (χ2v) is 1.68. The average molecular weight is 103 g/mol. The Labute approximate surface area is 51.9 Å². The first-order valence-corrected chi connectivity index (χ1v) is 2.00. The van der Waals surface area contributed by atoms with Crippen molar-refractivity contribution in [2.75, 3.05) is 0 Å². The highest BCUT2D eigenvalue weighted by molar-refractivity contribution is 6.59. The Morgan fingerprint density at radius 2 is 1.88 bits per heavy atom. The fraction of sp³-hybridized carbons (Fsp3) is 0.667. The first kappa shape index (κ1) is 7.66. The van der Waals surface area contributed by atoms with Crippen molar-refractivity contribution in [2.24, 2.45) is 0 Å². The summed E-state index contributed by atoms with van der Waals surface area (Å²) in [5.74, 6) is -1.10. The largest absolute Gasteiger partial charge is 0.481 e. The van der Waals surface area contributed by atoms with Gasteiger partial charge in [0.15, 0.2) is 0 Å². The Bertz CT molecular complexity index is 95.2. The molecule has 0 saturated carbocycles. The van der Waals surface area contributed by atoms with E-state index >= 15 is 0 Å². The van der Waals surface area contributed by atoms with Gasteiger partial charge in [-0.25, -0.2) is 0 Å². The molecular formula is C3H3B3O2. The molecule has 0 rings (SSSR count). The molecule has 0 amide bonds. The maximum atomic E-state index is 9.77. The Hall–Kier alpha value is -0.335. The minimum atomic E-state index is -1.58. The zero-order valence-electron chi connectivity index (χ0n) is 4.29. The van der Waals surface area contributed by atoms with Crippen molar-refractivity contribution in [1.29, 1.82) is 0 Å². The fourth-order valence-electron chi connectivity index (χ4n) is 0.262. The number of carbonyl (C=O) groups is 1. The van der Waals surface area contributed by atoms with Gasteiger partial charge >= 0.3 is 5.97 Å². The number of hydrogen-bond acceptors (Lipinski definition) is 1. The zero-order chi connectivity index (χ0) is 6.78. The molecule has 0 spiro atoms.